The highest BCUT2D eigenvalue weighted by Gasteiger charge is 2.35. The molecular formula is C12H11BCl3NSi. The zero-order chi connectivity index (χ0) is 13.0. The third kappa shape index (κ3) is 3.53. The Morgan fingerprint density at radius 2 is 1.33 bits per heavy atom. The summed E-state index contributed by atoms with van der Waals surface area (Å²) in [5.41, 5.74) is 0.952. The van der Waals surface area contributed by atoms with Crippen LogP contribution in [0.4, 0.5) is 0 Å². The van der Waals surface area contributed by atoms with E-state index >= 15 is 0 Å². The standard InChI is InChI=1S/C12H11BCl3NSi/c14-13(11-7-3-1-4-8-11)17-18(15,16)12-9-5-2-6-10-12/h1-10,17H. The van der Waals surface area contributed by atoms with Gasteiger partial charge in [-0.3, -0.25) is 0 Å². The maximum Gasteiger partial charge on any atom is 0.357 e. The zero-order valence-electron chi connectivity index (χ0n) is 9.48. The van der Waals surface area contributed by atoms with Gasteiger partial charge >= 0.3 is 13.1 Å². The Kier molecular flexibility index (Phi) is 4.76. The number of halogens is 3. The fraction of sp³-hybridized carbons (Fsp3) is 0. The average Bonchev–Trinajstić information content (AvgIpc) is 2.40. The van der Waals surface area contributed by atoms with Crippen molar-refractivity contribution in [3.63, 3.8) is 0 Å². The van der Waals surface area contributed by atoms with Crippen LogP contribution in [0.25, 0.3) is 0 Å². The lowest BCUT2D eigenvalue weighted by molar-refractivity contribution is 1.54. The summed E-state index contributed by atoms with van der Waals surface area (Å²) < 4.78 is 0. The molecule has 92 valence electrons. The van der Waals surface area contributed by atoms with E-state index in [4.69, 9.17) is 33.6 Å². The maximum atomic E-state index is 6.42. The number of rotatable bonds is 4. The molecule has 0 aliphatic carbocycles. The number of hydrogen-bond acceptors (Lipinski definition) is 1. The van der Waals surface area contributed by atoms with Gasteiger partial charge in [0.15, 0.2) is 0 Å². The molecule has 0 amide bonds. The summed E-state index contributed by atoms with van der Waals surface area (Å²) in [6.07, 6.45) is -0.395. The quantitative estimate of drug-likeness (QED) is 0.675. The SMILES string of the molecule is ClB(N[Si](Cl)(Cl)c1ccccc1)c1ccccc1. The lowest BCUT2D eigenvalue weighted by Gasteiger charge is -2.21. The van der Waals surface area contributed by atoms with Gasteiger partial charge in [0.05, 0.1) is 0 Å². The van der Waals surface area contributed by atoms with E-state index in [1.54, 1.807) is 0 Å². The maximum absolute atomic E-state index is 6.42. The molecule has 2 aromatic carbocycles. The Morgan fingerprint density at radius 3 is 1.89 bits per heavy atom. The first-order valence-electron chi connectivity index (χ1n) is 5.49. The minimum Gasteiger partial charge on any atom is -0.333 e. The zero-order valence-corrected chi connectivity index (χ0v) is 12.8. The highest BCUT2D eigenvalue weighted by Crippen LogP contribution is 2.12. The van der Waals surface area contributed by atoms with Crippen molar-refractivity contribution in [3.8, 4) is 0 Å². The van der Waals surface area contributed by atoms with Crippen LogP contribution < -0.4 is 15.5 Å². The van der Waals surface area contributed by atoms with Crippen LogP contribution in [-0.2, 0) is 0 Å². The molecule has 0 aromatic heterocycles. The van der Waals surface area contributed by atoms with Gasteiger partial charge in [0.25, 0.3) is 0 Å². The molecule has 0 saturated heterocycles. The number of hydrogen-bond donors (Lipinski definition) is 1. The van der Waals surface area contributed by atoms with Crippen LogP contribution in [0.3, 0.4) is 0 Å². The Balaban J connectivity index is 2.14. The van der Waals surface area contributed by atoms with E-state index in [1.807, 2.05) is 60.7 Å². The predicted molar refractivity (Wildman–Crippen MR) is 84.4 cm³/mol. The van der Waals surface area contributed by atoms with E-state index in [9.17, 15) is 0 Å². The van der Waals surface area contributed by atoms with E-state index in [2.05, 4.69) is 4.89 Å². The normalized spacial score (nSPS) is 11.3. The van der Waals surface area contributed by atoms with Crippen LogP contribution >= 0.6 is 33.6 Å². The van der Waals surface area contributed by atoms with Crippen LogP contribution in [0.1, 0.15) is 0 Å². The Labute approximate surface area is 123 Å². The van der Waals surface area contributed by atoms with Crippen molar-refractivity contribution < 1.29 is 0 Å². The molecule has 0 atom stereocenters. The molecule has 0 aliphatic rings. The highest BCUT2D eigenvalue weighted by molar-refractivity contribution is 7.52. The highest BCUT2D eigenvalue weighted by atomic mass is 35.7. The first-order chi connectivity index (χ1) is 8.59. The topological polar surface area (TPSA) is 12.0 Å². The lowest BCUT2D eigenvalue weighted by Crippen LogP contribution is -2.59. The van der Waals surface area contributed by atoms with Crippen molar-refractivity contribution in [2.45, 2.75) is 0 Å². The van der Waals surface area contributed by atoms with Crippen LogP contribution in [0.15, 0.2) is 60.7 Å². The van der Waals surface area contributed by atoms with Crippen molar-refractivity contribution in [2.75, 3.05) is 0 Å². The number of nitrogens with one attached hydrogen (secondary N) is 1. The van der Waals surface area contributed by atoms with Crippen molar-refractivity contribution >= 4 is 57.4 Å². The lowest BCUT2D eigenvalue weighted by atomic mass is 9.83. The molecule has 0 aliphatic heterocycles. The molecule has 2 aromatic rings. The van der Waals surface area contributed by atoms with Crippen molar-refractivity contribution in [2.24, 2.45) is 0 Å². The molecule has 0 radical (unpaired) electrons. The van der Waals surface area contributed by atoms with Gasteiger partial charge in [-0.15, -0.1) is 22.2 Å². The van der Waals surface area contributed by atoms with Crippen LogP contribution in [0.5, 0.6) is 0 Å². The summed E-state index contributed by atoms with van der Waals surface area (Å²) >= 11 is 19.1. The molecule has 2 rings (SSSR count). The summed E-state index contributed by atoms with van der Waals surface area (Å²) in [6.45, 7) is -2.76. The molecule has 0 spiro atoms. The Morgan fingerprint density at radius 1 is 0.833 bits per heavy atom. The number of benzene rings is 2. The summed E-state index contributed by atoms with van der Waals surface area (Å²) in [5.74, 6) is 0. The fourth-order valence-corrected chi connectivity index (χ4v) is 5.24. The molecule has 1 nitrogen and oxygen atoms in total. The monoisotopic (exact) mass is 313 g/mol. The summed E-state index contributed by atoms with van der Waals surface area (Å²) in [5, 5.41) is 0.898. The summed E-state index contributed by atoms with van der Waals surface area (Å²) in [6, 6.07) is 19.3. The van der Waals surface area contributed by atoms with Gasteiger partial charge in [-0.25, -0.2) is 0 Å². The molecule has 6 heteroatoms. The Bertz CT molecular complexity index is 495. The second-order valence-corrected chi connectivity index (χ2v) is 10.3. The van der Waals surface area contributed by atoms with E-state index < -0.39 is 13.1 Å². The first-order valence-corrected chi connectivity index (χ1v) is 9.96. The summed E-state index contributed by atoms with van der Waals surface area (Å²) in [7, 11) is 0. The van der Waals surface area contributed by atoms with Gasteiger partial charge in [0, 0.05) is 0 Å². The third-order valence-electron chi connectivity index (χ3n) is 2.54. The van der Waals surface area contributed by atoms with Crippen LogP contribution in [-0.4, -0.2) is 13.1 Å². The Hall–Kier alpha value is -0.448. The minimum atomic E-state index is -2.76. The molecule has 0 heterocycles. The van der Waals surface area contributed by atoms with Crippen LogP contribution in [0, 0.1) is 0 Å². The third-order valence-corrected chi connectivity index (χ3v) is 6.75. The molecule has 0 saturated carbocycles. The molecule has 0 unspecified atom stereocenters. The van der Waals surface area contributed by atoms with Crippen LogP contribution in [0.2, 0.25) is 0 Å². The predicted octanol–water partition coefficient (Wildman–Crippen LogP) is 2.53. The van der Waals surface area contributed by atoms with Gasteiger partial charge in [0.2, 0.25) is 0 Å². The fourth-order valence-electron chi connectivity index (χ4n) is 1.60. The van der Waals surface area contributed by atoms with Gasteiger partial charge in [-0.2, -0.15) is 11.5 Å². The van der Waals surface area contributed by atoms with E-state index in [0.717, 1.165) is 10.6 Å². The van der Waals surface area contributed by atoms with Crippen molar-refractivity contribution in [1.82, 2.24) is 4.89 Å². The molecular weight excluding hydrogens is 303 g/mol. The molecule has 18 heavy (non-hydrogen) atoms. The molecule has 0 bridgehead atoms. The van der Waals surface area contributed by atoms with E-state index in [0.29, 0.717) is 0 Å². The second-order valence-electron chi connectivity index (χ2n) is 3.86. The minimum absolute atomic E-state index is 0.395. The van der Waals surface area contributed by atoms with Crippen molar-refractivity contribution in [1.29, 1.82) is 0 Å². The van der Waals surface area contributed by atoms with E-state index in [1.165, 1.54) is 0 Å². The van der Waals surface area contributed by atoms with Gasteiger partial charge in [0.1, 0.15) is 0 Å². The second kappa shape index (κ2) is 6.13. The van der Waals surface area contributed by atoms with Gasteiger partial charge in [-0.05, 0) is 10.6 Å². The summed E-state index contributed by atoms with van der Waals surface area (Å²) in [4.78, 5) is 3.12. The first kappa shape index (κ1) is 14.0. The van der Waals surface area contributed by atoms with Gasteiger partial charge < -0.3 is 4.89 Å². The van der Waals surface area contributed by atoms with Crippen molar-refractivity contribution in [3.05, 3.63) is 60.7 Å². The smallest absolute Gasteiger partial charge is 0.333 e. The molecule has 1 N–H and O–H groups in total. The average molecular weight is 314 g/mol. The largest absolute Gasteiger partial charge is 0.357 e. The van der Waals surface area contributed by atoms with E-state index in [-0.39, 0.29) is 0 Å². The molecule has 0 fully saturated rings. The van der Waals surface area contributed by atoms with Gasteiger partial charge in [-0.1, -0.05) is 60.7 Å².